The summed E-state index contributed by atoms with van der Waals surface area (Å²) in [5.41, 5.74) is -3.06. The molecule has 1 aliphatic heterocycles. The zero-order valence-electron chi connectivity index (χ0n) is 17.2. The first-order chi connectivity index (χ1) is 13.5. The number of sulfonamides is 1. The van der Waals surface area contributed by atoms with Gasteiger partial charge in [-0.1, -0.05) is 12.1 Å². The summed E-state index contributed by atoms with van der Waals surface area (Å²) < 4.78 is 61.4. The van der Waals surface area contributed by atoms with Crippen molar-refractivity contribution in [3.05, 3.63) is 29.8 Å². The Balaban J connectivity index is 0.00000450. The summed E-state index contributed by atoms with van der Waals surface area (Å²) in [6.45, 7) is 0.829. The average Bonchev–Trinajstić information content (AvgIpc) is 2.67. The van der Waals surface area contributed by atoms with E-state index in [1.165, 1.54) is 0 Å². The lowest BCUT2D eigenvalue weighted by Gasteiger charge is -2.31. The molecule has 1 aromatic carbocycles. The standard InChI is InChI=1S/C18H28F3N5O2S.HI/c1-22-17(24-13-15-5-4-6-16(11-15)25(2)3)23-12-14-7-9-26(10-8-14)29(27,28)18(19,20)21;/h4-6,11,14H,7-10,12-13H2,1-3H3,(H2,22,23,24);1H. The highest BCUT2D eigenvalue weighted by Gasteiger charge is 2.50. The fourth-order valence-electron chi connectivity index (χ4n) is 3.09. The molecule has 2 rings (SSSR count). The first-order valence-electron chi connectivity index (χ1n) is 9.32. The molecule has 0 aliphatic carbocycles. The molecule has 1 saturated heterocycles. The van der Waals surface area contributed by atoms with Gasteiger partial charge in [0.15, 0.2) is 5.96 Å². The van der Waals surface area contributed by atoms with Crippen LogP contribution in [0.2, 0.25) is 0 Å². The number of halogens is 4. The summed E-state index contributed by atoms with van der Waals surface area (Å²) in [7, 11) is 0.350. The minimum Gasteiger partial charge on any atom is -0.378 e. The lowest BCUT2D eigenvalue weighted by Crippen LogP contribution is -2.47. The quantitative estimate of drug-likeness (QED) is 0.316. The van der Waals surface area contributed by atoms with Crippen molar-refractivity contribution < 1.29 is 21.6 Å². The molecule has 2 N–H and O–H groups in total. The van der Waals surface area contributed by atoms with Gasteiger partial charge in [0.05, 0.1) is 0 Å². The van der Waals surface area contributed by atoms with E-state index in [1.54, 1.807) is 7.05 Å². The van der Waals surface area contributed by atoms with Crippen molar-refractivity contribution in [1.82, 2.24) is 14.9 Å². The van der Waals surface area contributed by atoms with Crippen LogP contribution in [0.25, 0.3) is 0 Å². The summed E-state index contributed by atoms with van der Waals surface area (Å²) in [6.07, 6.45) is 0.731. The SMILES string of the molecule is CN=C(NCc1cccc(N(C)C)c1)NCC1CCN(S(=O)(=O)C(F)(F)F)CC1.I. The van der Waals surface area contributed by atoms with Gasteiger partial charge in [-0.2, -0.15) is 17.5 Å². The highest BCUT2D eigenvalue weighted by atomic mass is 127. The smallest absolute Gasteiger partial charge is 0.378 e. The summed E-state index contributed by atoms with van der Waals surface area (Å²) in [5.74, 6) is 0.663. The van der Waals surface area contributed by atoms with Gasteiger partial charge in [0, 0.05) is 53.0 Å². The molecule has 0 amide bonds. The van der Waals surface area contributed by atoms with Crippen LogP contribution >= 0.6 is 24.0 Å². The molecule has 0 atom stereocenters. The van der Waals surface area contributed by atoms with E-state index < -0.39 is 15.5 Å². The fourth-order valence-corrected chi connectivity index (χ4v) is 4.08. The maximum absolute atomic E-state index is 12.6. The van der Waals surface area contributed by atoms with Gasteiger partial charge in [-0.25, -0.2) is 8.42 Å². The van der Waals surface area contributed by atoms with Crippen LogP contribution < -0.4 is 15.5 Å². The van der Waals surface area contributed by atoms with Crippen LogP contribution in [0.5, 0.6) is 0 Å². The van der Waals surface area contributed by atoms with Crippen LogP contribution in [0.15, 0.2) is 29.3 Å². The monoisotopic (exact) mass is 563 g/mol. The van der Waals surface area contributed by atoms with Crippen molar-refractivity contribution in [2.24, 2.45) is 10.9 Å². The Morgan fingerprint density at radius 1 is 1.23 bits per heavy atom. The van der Waals surface area contributed by atoms with Crippen LogP contribution in [0, 0.1) is 5.92 Å². The van der Waals surface area contributed by atoms with Crippen LogP contribution in [-0.2, 0) is 16.6 Å². The predicted octanol–water partition coefficient (Wildman–Crippen LogP) is 2.60. The Morgan fingerprint density at radius 2 is 1.87 bits per heavy atom. The van der Waals surface area contributed by atoms with E-state index in [9.17, 15) is 21.6 Å². The van der Waals surface area contributed by atoms with Crippen molar-refractivity contribution in [1.29, 1.82) is 0 Å². The van der Waals surface area contributed by atoms with E-state index in [2.05, 4.69) is 21.7 Å². The minimum absolute atomic E-state index is 0. The van der Waals surface area contributed by atoms with Gasteiger partial charge in [-0.05, 0) is 36.5 Å². The fraction of sp³-hybridized carbons (Fsp3) is 0.611. The number of hydrogen-bond donors (Lipinski definition) is 2. The molecular weight excluding hydrogens is 534 g/mol. The van der Waals surface area contributed by atoms with Gasteiger partial charge < -0.3 is 15.5 Å². The molecule has 172 valence electrons. The summed E-state index contributed by atoms with van der Waals surface area (Å²) in [5, 5.41) is 6.38. The maximum atomic E-state index is 12.6. The van der Waals surface area contributed by atoms with Gasteiger partial charge in [0.1, 0.15) is 0 Å². The number of anilines is 1. The predicted molar refractivity (Wildman–Crippen MR) is 124 cm³/mol. The number of hydrogen-bond acceptors (Lipinski definition) is 4. The second kappa shape index (κ2) is 11.4. The molecule has 1 aliphatic rings. The molecule has 0 unspecified atom stereocenters. The number of nitrogens with one attached hydrogen (secondary N) is 2. The van der Waals surface area contributed by atoms with E-state index >= 15 is 0 Å². The van der Waals surface area contributed by atoms with E-state index in [0.717, 1.165) is 11.3 Å². The van der Waals surface area contributed by atoms with Gasteiger partial charge in [0.25, 0.3) is 0 Å². The second-order valence-corrected chi connectivity index (χ2v) is 9.09. The number of alkyl halides is 3. The summed E-state index contributed by atoms with van der Waals surface area (Å²) in [6, 6.07) is 8.06. The zero-order valence-corrected chi connectivity index (χ0v) is 20.4. The topological polar surface area (TPSA) is 77.0 Å². The van der Waals surface area contributed by atoms with Crippen molar-refractivity contribution in [2.75, 3.05) is 45.7 Å². The Bertz CT molecular complexity index is 810. The van der Waals surface area contributed by atoms with Gasteiger partial charge in [-0.15, -0.1) is 24.0 Å². The highest BCUT2D eigenvalue weighted by Crippen LogP contribution is 2.30. The summed E-state index contributed by atoms with van der Waals surface area (Å²) >= 11 is 0. The Morgan fingerprint density at radius 3 is 2.40 bits per heavy atom. The van der Waals surface area contributed by atoms with Crippen LogP contribution in [0.4, 0.5) is 18.9 Å². The molecule has 0 spiro atoms. The minimum atomic E-state index is -5.24. The van der Waals surface area contributed by atoms with E-state index in [0.29, 0.717) is 36.2 Å². The Kier molecular flexibility index (Phi) is 10.1. The first-order valence-corrected chi connectivity index (χ1v) is 10.8. The van der Waals surface area contributed by atoms with Gasteiger partial charge >= 0.3 is 15.5 Å². The van der Waals surface area contributed by atoms with Crippen LogP contribution in [0.3, 0.4) is 0 Å². The number of rotatable bonds is 6. The summed E-state index contributed by atoms with van der Waals surface area (Å²) in [4.78, 5) is 6.18. The number of aliphatic imine (C=N–C) groups is 1. The highest BCUT2D eigenvalue weighted by molar-refractivity contribution is 14.0. The lowest BCUT2D eigenvalue weighted by atomic mass is 9.98. The first kappa shape index (κ1) is 26.8. The molecule has 30 heavy (non-hydrogen) atoms. The number of benzene rings is 1. The van der Waals surface area contributed by atoms with Crippen molar-refractivity contribution in [3.63, 3.8) is 0 Å². The molecule has 0 aromatic heterocycles. The van der Waals surface area contributed by atoms with Crippen molar-refractivity contribution >= 4 is 45.6 Å². The van der Waals surface area contributed by atoms with E-state index in [1.807, 2.05) is 37.2 Å². The van der Waals surface area contributed by atoms with Crippen molar-refractivity contribution in [2.45, 2.75) is 24.9 Å². The van der Waals surface area contributed by atoms with Gasteiger partial charge in [-0.3, -0.25) is 4.99 Å². The number of piperidine rings is 1. The third-order valence-electron chi connectivity index (χ3n) is 4.87. The third-order valence-corrected chi connectivity index (χ3v) is 6.50. The lowest BCUT2D eigenvalue weighted by molar-refractivity contribution is -0.0496. The van der Waals surface area contributed by atoms with Crippen LogP contribution in [0.1, 0.15) is 18.4 Å². The Labute approximate surface area is 193 Å². The maximum Gasteiger partial charge on any atom is 0.511 e. The average molecular weight is 563 g/mol. The molecular formula is C18H29F3IN5O2S. The largest absolute Gasteiger partial charge is 0.511 e. The molecule has 12 heteroatoms. The molecule has 0 bridgehead atoms. The van der Waals surface area contributed by atoms with E-state index in [4.69, 9.17) is 0 Å². The second-order valence-electron chi connectivity index (χ2n) is 7.16. The molecule has 1 heterocycles. The van der Waals surface area contributed by atoms with Crippen LogP contribution in [-0.4, -0.2) is 65.0 Å². The number of nitrogens with zero attached hydrogens (tertiary/aromatic N) is 3. The molecule has 1 aromatic rings. The van der Waals surface area contributed by atoms with E-state index in [-0.39, 0.29) is 43.0 Å². The number of guanidine groups is 1. The normalized spacial score (nSPS) is 16.7. The third kappa shape index (κ3) is 7.15. The van der Waals surface area contributed by atoms with Gasteiger partial charge in [0.2, 0.25) is 0 Å². The molecule has 1 fully saturated rings. The molecule has 0 radical (unpaired) electrons. The zero-order chi connectivity index (χ0) is 21.7. The van der Waals surface area contributed by atoms with Crippen molar-refractivity contribution in [3.8, 4) is 0 Å². The Hall–Kier alpha value is -1.28. The molecule has 7 nitrogen and oxygen atoms in total. The molecule has 0 saturated carbocycles.